The van der Waals surface area contributed by atoms with E-state index in [-0.39, 0.29) is 40.5 Å². The van der Waals surface area contributed by atoms with E-state index in [1.165, 1.54) is 18.2 Å². The van der Waals surface area contributed by atoms with Crippen molar-refractivity contribution in [2.75, 3.05) is 50.8 Å². The van der Waals surface area contributed by atoms with Crippen LogP contribution in [0.15, 0.2) is 36.5 Å². The molecule has 0 aliphatic carbocycles. The SMILES string of the molecule is Oc1cc(-c2ncc3c(N4CC5CCC(C4)N5C[C@H]4CN4)nc(OC[C@@]45CCCN4C[C@H](F)C5)nc3c2F)c2c(F)cccc2c1. The third-order valence-electron chi connectivity index (χ3n) is 10.9. The molecule has 9 rings (SSSR count). The number of nitrogens with zero attached hydrogens (tertiary/aromatic N) is 6. The molecule has 9 nitrogen and oxygen atoms in total. The minimum atomic E-state index is -0.904. The molecule has 2 aromatic carbocycles. The first-order chi connectivity index (χ1) is 22.3. The number of pyridine rings is 1. The quantitative estimate of drug-likeness (QED) is 0.288. The molecular formula is C34H36F3N7O2. The zero-order valence-corrected chi connectivity index (χ0v) is 25.4. The fourth-order valence-electron chi connectivity index (χ4n) is 8.64. The van der Waals surface area contributed by atoms with Gasteiger partial charge < -0.3 is 20.1 Å². The highest BCUT2D eigenvalue weighted by atomic mass is 19.1. The van der Waals surface area contributed by atoms with Gasteiger partial charge in [0.05, 0.1) is 10.9 Å². The van der Waals surface area contributed by atoms with Gasteiger partial charge in [0.2, 0.25) is 0 Å². The van der Waals surface area contributed by atoms with Crippen molar-refractivity contribution >= 4 is 27.5 Å². The summed E-state index contributed by atoms with van der Waals surface area (Å²) in [4.78, 5) is 20.9. The normalized spacial score (nSPS) is 29.2. The number of nitrogens with one attached hydrogen (secondary N) is 1. The number of alkyl halides is 1. The summed E-state index contributed by atoms with van der Waals surface area (Å²) in [5.41, 5.74) is -0.381. The summed E-state index contributed by atoms with van der Waals surface area (Å²) in [5.74, 6) is -0.854. The molecule has 12 heteroatoms. The van der Waals surface area contributed by atoms with Gasteiger partial charge in [0.15, 0.2) is 5.82 Å². The third-order valence-corrected chi connectivity index (χ3v) is 10.9. The lowest BCUT2D eigenvalue weighted by Crippen LogP contribution is -2.55. The number of halogens is 3. The lowest BCUT2D eigenvalue weighted by Gasteiger charge is -2.41. The van der Waals surface area contributed by atoms with Gasteiger partial charge in [-0.1, -0.05) is 12.1 Å². The first-order valence-electron chi connectivity index (χ1n) is 16.4. The molecule has 5 fully saturated rings. The molecule has 2 N–H and O–H groups in total. The first-order valence-corrected chi connectivity index (χ1v) is 16.4. The second kappa shape index (κ2) is 10.6. The molecule has 5 aliphatic heterocycles. The van der Waals surface area contributed by atoms with Crippen LogP contribution in [0.1, 0.15) is 32.1 Å². The molecule has 4 aromatic rings. The largest absolute Gasteiger partial charge is 0.508 e. The van der Waals surface area contributed by atoms with Crippen LogP contribution in [-0.2, 0) is 0 Å². The molecular weight excluding hydrogens is 595 g/mol. The second-order valence-electron chi connectivity index (χ2n) is 13.8. The highest BCUT2D eigenvalue weighted by Gasteiger charge is 2.49. The number of phenols is 1. The second-order valence-corrected chi connectivity index (χ2v) is 13.8. The summed E-state index contributed by atoms with van der Waals surface area (Å²) in [6, 6.07) is 8.59. The Morgan fingerprint density at radius 3 is 2.72 bits per heavy atom. The van der Waals surface area contributed by atoms with Crippen LogP contribution in [0.2, 0.25) is 0 Å². The number of ether oxygens (including phenoxy) is 1. The van der Waals surface area contributed by atoms with E-state index < -0.39 is 23.3 Å². The van der Waals surface area contributed by atoms with E-state index in [1.54, 1.807) is 18.3 Å². The molecule has 0 amide bonds. The van der Waals surface area contributed by atoms with Crippen LogP contribution in [0.4, 0.5) is 19.0 Å². The van der Waals surface area contributed by atoms with Gasteiger partial charge in [-0.25, -0.2) is 13.2 Å². The van der Waals surface area contributed by atoms with Crippen molar-refractivity contribution in [3.05, 3.63) is 48.2 Å². The highest BCUT2D eigenvalue weighted by molar-refractivity contribution is 6.00. The molecule has 240 valence electrons. The molecule has 2 unspecified atom stereocenters. The molecule has 46 heavy (non-hydrogen) atoms. The maximum absolute atomic E-state index is 16.8. The van der Waals surface area contributed by atoms with E-state index in [1.807, 2.05) is 0 Å². The van der Waals surface area contributed by atoms with Gasteiger partial charge in [-0.05, 0) is 55.8 Å². The van der Waals surface area contributed by atoms with Gasteiger partial charge in [-0.2, -0.15) is 9.97 Å². The van der Waals surface area contributed by atoms with Gasteiger partial charge >= 0.3 is 6.01 Å². The maximum atomic E-state index is 16.8. The standard InChI is InChI=1S/C34H36F3N7O2/c35-20-11-34(7-2-8-43(34)14-20)18-46-33-40-31-26(32(41-33)42-16-22-5-6-23(17-42)44(22)15-21-12-38-21)13-39-30(29(31)37)25-10-24(45)9-19-3-1-4-27(36)28(19)25/h1,3-4,9-10,13,20-23,38,45H,2,5-8,11-12,14-18H2/t20-,21-,22?,23?,34+/m1/s1. The van der Waals surface area contributed by atoms with Crippen molar-refractivity contribution in [3.63, 3.8) is 0 Å². The van der Waals surface area contributed by atoms with Gasteiger partial charge in [-0.3, -0.25) is 14.8 Å². The number of hydrogen-bond acceptors (Lipinski definition) is 9. The summed E-state index contributed by atoms with van der Waals surface area (Å²) in [6.45, 7) is 5.01. The van der Waals surface area contributed by atoms with E-state index in [9.17, 15) is 9.50 Å². The monoisotopic (exact) mass is 631 g/mol. The van der Waals surface area contributed by atoms with Crippen molar-refractivity contribution in [1.82, 2.24) is 30.1 Å². The van der Waals surface area contributed by atoms with Crippen molar-refractivity contribution in [2.24, 2.45) is 0 Å². The predicted molar refractivity (Wildman–Crippen MR) is 168 cm³/mol. The molecule has 0 spiro atoms. The Bertz CT molecular complexity index is 1840. The number of hydrogen-bond donors (Lipinski definition) is 2. The van der Waals surface area contributed by atoms with Gasteiger partial charge in [0.25, 0.3) is 0 Å². The van der Waals surface area contributed by atoms with Crippen molar-refractivity contribution in [3.8, 4) is 23.0 Å². The number of piperazine rings is 1. The van der Waals surface area contributed by atoms with Crippen LogP contribution in [0.5, 0.6) is 11.8 Å². The van der Waals surface area contributed by atoms with E-state index in [4.69, 9.17) is 9.72 Å². The number of benzene rings is 2. The van der Waals surface area contributed by atoms with Crippen LogP contribution in [0.25, 0.3) is 32.9 Å². The Balaban J connectivity index is 1.14. The first kappa shape index (κ1) is 28.5. The smallest absolute Gasteiger partial charge is 0.319 e. The molecule has 7 heterocycles. The number of phenolic OH excluding ortho intramolecular Hbond substituents is 1. The van der Waals surface area contributed by atoms with E-state index in [0.717, 1.165) is 58.4 Å². The number of fused-ring (bicyclic) bond motifs is 5. The highest BCUT2D eigenvalue weighted by Crippen LogP contribution is 2.42. The van der Waals surface area contributed by atoms with Gasteiger partial charge in [0, 0.05) is 74.4 Å². The molecule has 2 bridgehead atoms. The van der Waals surface area contributed by atoms with Gasteiger partial charge in [-0.15, -0.1) is 0 Å². The van der Waals surface area contributed by atoms with Gasteiger partial charge in [0.1, 0.15) is 41.4 Å². The molecule has 5 aliphatic rings. The topological polar surface area (TPSA) is 99.8 Å². The summed E-state index contributed by atoms with van der Waals surface area (Å²) < 4.78 is 52.7. The number of aromatic nitrogens is 3. The number of rotatable bonds is 7. The Morgan fingerprint density at radius 2 is 1.91 bits per heavy atom. The summed E-state index contributed by atoms with van der Waals surface area (Å²) in [7, 11) is 0. The predicted octanol–water partition coefficient (Wildman–Crippen LogP) is 4.41. The Labute approximate surface area is 264 Å². The Kier molecular flexibility index (Phi) is 6.59. The van der Waals surface area contributed by atoms with Crippen LogP contribution < -0.4 is 15.0 Å². The Hall–Kier alpha value is -3.74. The summed E-state index contributed by atoms with van der Waals surface area (Å²) in [5, 5.41) is 14.9. The van der Waals surface area contributed by atoms with Crippen LogP contribution in [0, 0.1) is 11.6 Å². The third kappa shape index (κ3) is 4.67. The summed E-state index contributed by atoms with van der Waals surface area (Å²) in [6.07, 6.45) is 5.03. The van der Waals surface area contributed by atoms with Crippen molar-refractivity contribution < 1.29 is 23.0 Å². The average Bonchev–Trinajstić information content (AvgIpc) is 3.63. The van der Waals surface area contributed by atoms with E-state index >= 15 is 8.78 Å². The minimum Gasteiger partial charge on any atom is -0.508 e. The van der Waals surface area contributed by atoms with Crippen molar-refractivity contribution in [2.45, 2.75) is 61.9 Å². The van der Waals surface area contributed by atoms with E-state index in [0.29, 0.717) is 47.7 Å². The van der Waals surface area contributed by atoms with Crippen LogP contribution in [-0.4, -0.2) is 106 Å². The molecule has 0 radical (unpaired) electrons. The fourth-order valence-corrected chi connectivity index (χ4v) is 8.64. The average molecular weight is 632 g/mol. The zero-order chi connectivity index (χ0) is 31.2. The Morgan fingerprint density at radius 1 is 1.09 bits per heavy atom. The maximum Gasteiger partial charge on any atom is 0.319 e. The van der Waals surface area contributed by atoms with Crippen LogP contribution >= 0.6 is 0 Å². The number of anilines is 1. The van der Waals surface area contributed by atoms with E-state index in [2.05, 4.69) is 30.0 Å². The molecule has 5 atom stereocenters. The van der Waals surface area contributed by atoms with Crippen LogP contribution in [0.3, 0.4) is 0 Å². The molecule has 5 saturated heterocycles. The zero-order valence-electron chi connectivity index (χ0n) is 25.4. The minimum absolute atomic E-state index is 0.0188. The lowest BCUT2D eigenvalue weighted by molar-refractivity contribution is 0.107. The van der Waals surface area contributed by atoms with Crippen molar-refractivity contribution in [1.29, 1.82) is 0 Å². The molecule has 2 aromatic heterocycles. The fraction of sp³-hybridized carbons (Fsp3) is 0.500. The number of aromatic hydroxyl groups is 1. The molecule has 0 saturated carbocycles. The lowest BCUT2D eigenvalue weighted by atomic mass is 9.95. The summed E-state index contributed by atoms with van der Waals surface area (Å²) >= 11 is 0.